The molecular formula is C13H15FO5. The van der Waals surface area contributed by atoms with E-state index in [1.807, 2.05) is 0 Å². The predicted molar refractivity (Wildman–Crippen MR) is 64.2 cm³/mol. The summed E-state index contributed by atoms with van der Waals surface area (Å²) in [5, 5.41) is 18.9. The number of carboxylic acids is 1. The lowest BCUT2D eigenvalue weighted by Crippen LogP contribution is -2.26. The largest absolute Gasteiger partial charge is 0.505 e. The zero-order valence-corrected chi connectivity index (χ0v) is 10.7. The molecule has 5 nitrogen and oxygen atoms in total. The Balaban J connectivity index is 2.42. The molecular weight excluding hydrogens is 255 g/mol. The Morgan fingerprint density at radius 3 is 2.68 bits per heavy atom. The van der Waals surface area contributed by atoms with Gasteiger partial charge in [-0.3, -0.25) is 4.79 Å². The van der Waals surface area contributed by atoms with Crippen LogP contribution in [0.2, 0.25) is 0 Å². The molecule has 1 aliphatic heterocycles. The van der Waals surface area contributed by atoms with Crippen molar-refractivity contribution in [3.05, 3.63) is 17.4 Å². The Kier molecular flexibility index (Phi) is 3.26. The Morgan fingerprint density at radius 2 is 2.05 bits per heavy atom. The maximum absolute atomic E-state index is 13.9. The van der Waals surface area contributed by atoms with Crippen molar-refractivity contribution in [1.82, 2.24) is 0 Å². The highest BCUT2D eigenvalue weighted by atomic mass is 19.1. The van der Waals surface area contributed by atoms with E-state index in [-0.39, 0.29) is 30.1 Å². The quantitative estimate of drug-likeness (QED) is 0.878. The van der Waals surface area contributed by atoms with Gasteiger partial charge in [0, 0.05) is 5.56 Å². The molecule has 19 heavy (non-hydrogen) atoms. The summed E-state index contributed by atoms with van der Waals surface area (Å²) in [5.41, 5.74) is -0.928. The lowest BCUT2D eigenvalue weighted by molar-refractivity contribution is -0.146. The van der Waals surface area contributed by atoms with Crippen molar-refractivity contribution in [3.8, 4) is 17.2 Å². The lowest BCUT2D eigenvalue weighted by atomic mass is 9.85. The van der Waals surface area contributed by atoms with Gasteiger partial charge in [0.05, 0.1) is 5.41 Å². The molecule has 0 unspecified atom stereocenters. The van der Waals surface area contributed by atoms with Crippen molar-refractivity contribution in [2.75, 3.05) is 13.2 Å². The van der Waals surface area contributed by atoms with Gasteiger partial charge in [-0.2, -0.15) is 4.39 Å². The van der Waals surface area contributed by atoms with Crippen molar-refractivity contribution in [2.45, 2.75) is 20.3 Å². The van der Waals surface area contributed by atoms with E-state index in [0.717, 1.165) is 0 Å². The number of hydrogen-bond donors (Lipinski definition) is 2. The fourth-order valence-corrected chi connectivity index (χ4v) is 1.87. The van der Waals surface area contributed by atoms with Crippen LogP contribution in [0.3, 0.4) is 0 Å². The van der Waals surface area contributed by atoms with Crippen LogP contribution in [0.15, 0.2) is 6.07 Å². The van der Waals surface area contributed by atoms with Gasteiger partial charge < -0.3 is 19.7 Å². The number of benzene rings is 1. The minimum Gasteiger partial charge on any atom is -0.505 e. The first-order chi connectivity index (χ1) is 8.83. The number of fused-ring (bicyclic) bond motifs is 1. The van der Waals surface area contributed by atoms with Crippen molar-refractivity contribution < 1.29 is 28.9 Å². The average molecular weight is 270 g/mol. The number of phenols is 1. The molecule has 104 valence electrons. The Hall–Kier alpha value is -1.98. The van der Waals surface area contributed by atoms with Crippen molar-refractivity contribution in [1.29, 1.82) is 0 Å². The number of aliphatic carboxylic acids is 1. The van der Waals surface area contributed by atoms with Crippen LogP contribution in [0.25, 0.3) is 0 Å². The number of hydrogen-bond acceptors (Lipinski definition) is 4. The summed E-state index contributed by atoms with van der Waals surface area (Å²) in [5.74, 6) is -2.45. The number of aromatic hydroxyl groups is 1. The predicted octanol–water partition coefficient (Wildman–Crippen LogP) is 1.96. The summed E-state index contributed by atoms with van der Waals surface area (Å²) in [6, 6.07) is 1.43. The second-order valence-electron chi connectivity index (χ2n) is 5.09. The standard InChI is InChI=1S/C13H15FO5/c1-13(2,12(16)17)6-7-5-8-11(9(14)10(7)15)19-4-3-18-8/h5,15H,3-4,6H2,1-2H3,(H,16,17). The summed E-state index contributed by atoms with van der Waals surface area (Å²) in [4.78, 5) is 11.1. The van der Waals surface area contributed by atoms with Crippen LogP contribution in [0.4, 0.5) is 4.39 Å². The maximum Gasteiger partial charge on any atom is 0.309 e. The first kappa shape index (κ1) is 13.5. The molecule has 2 N–H and O–H groups in total. The van der Waals surface area contributed by atoms with Gasteiger partial charge in [0.25, 0.3) is 0 Å². The van der Waals surface area contributed by atoms with Gasteiger partial charge in [-0.15, -0.1) is 0 Å². The summed E-state index contributed by atoms with van der Waals surface area (Å²) >= 11 is 0. The zero-order valence-electron chi connectivity index (χ0n) is 10.7. The fourth-order valence-electron chi connectivity index (χ4n) is 1.87. The molecule has 2 rings (SSSR count). The molecule has 0 saturated carbocycles. The molecule has 0 aliphatic carbocycles. The molecule has 0 saturated heterocycles. The van der Waals surface area contributed by atoms with Gasteiger partial charge >= 0.3 is 5.97 Å². The highest BCUT2D eigenvalue weighted by Crippen LogP contribution is 2.41. The van der Waals surface area contributed by atoms with Crippen LogP contribution in [0.5, 0.6) is 17.2 Å². The highest BCUT2D eigenvalue weighted by Gasteiger charge is 2.31. The van der Waals surface area contributed by atoms with Crippen LogP contribution >= 0.6 is 0 Å². The number of rotatable bonds is 3. The van der Waals surface area contributed by atoms with Crippen LogP contribution in [0, 0.1) is 11.2 Å². The van der Waals surface area contributed by atoms with Crippen LogP contribution in [-0.4, -0.2) is 29.4 Å². The number of ether oxygens (including phenoxy) is 2. The second-order valence-corrected chi connectivity index (χ2v) is 5.09. The van der Waals surface area contributed by atoms with Gasteiger partial charge in [-0.05, 0) is 26.3 Å². The molecule has 0 spiro atoms. The molecule has 1 heterocycles. The second kappa shape index (κ2) is 4.60. The third-order valence-corrected chi connectivity index (χ3v) is 3.04. The van der Waals surface area contributed by atoms with Crippen LogP contribution in [0.1, 0.15) is 19.4 Å². The van der Waals surface area contributed by atoms with E-state index in [4.69, 9.17) is 14.6 Å². The topological polar surface area (TPSA) is 76.0 Å². The molecule has 1 aromatic carbocycles. The summed E-state index contributed by atoms with van der Waals surface area (Å²) in [7, 11) is 0. The normalized spacial score (nSPS) is 14.3. The first-order valence-electron chi connectivity index (χ1n) is 5.86. The third-order valence-electron chi connectivity index (χ3n) is 3.04. The van der Waals surface area contributed by atoms with Crippen LogP contribution in [-0.2, 0) is 11.2 Å². The Labute approximate surface area is 109 Å². The molecule has 0 radical (unpaired) electrons. The zero-order chi connectivity index (χ0) is 14.2. The highest BCUT2D eigenvalue weighted by molar-refractivity contribution is 5.74. The van der Waals surface area contributed by atoms with E-state index in [1.165, 1.54) is 19.9 Å². The molecule has 0 atom stereocenters. The minimum atomic E-state index is -1.12. The van der Waals surface area contributed by atoms with E-state index >= 15 is 0 Å². The van der Waals surface area contributed by atoms with E-state index in [2.05, 4.69) is 0 Å². The average Bonchev–Trinajstić information content (AvgIpc) is 2.35. The molecule has 1 aromatic rings. The summed E-state index contributed by atoms with van der Waals surface area (Å²) < 4.78 is 24.3. The summed E-state index contributed by atoms with van der Waals surface area (Å²) in [6.45, 7) is 3.51. The number of carbonyl (C=O) groups is 1. The monoisotopic (exact) mass is 270 g/mol. The molecule has 0 bridgehead atoms. The van der Waals surface area contributed by atoms with Gasteiger partial charge in [-0.1, -0.05) is 0 Å². The molecule has 1 aliphatic rings. The number of carboxylic acid groups (broad SMARTS) is 1. The molecule has 0 aromatic heterocycles. The van der Waals surface area contributed by atoms with Gasteiger partial charge in [-0.25, -0.2) is 0 Å². The van der Waals surface area contributed by atoms with Crippen molar-refractivity contribution in [3.63, 3.8) is 0 Å². The smallest absolute Gasteiger partial charge is 0.309 e. The number of phenolic OH excluding ortho intramolecular Hbond substituents is 1. The first-order valence-corrected chi connectivity index (χ1v) is 5.86. The minimum absolute atomic E-state index is 0.0122. The Morgan fingerprint density at radius 1 is 1.42 bits per heavy atom. The Bertz CT molecular complexity index is 524. The maximum atomic E-state index is 13.9. The summed E-state index contributed by atoms with van der Waals surface area (Å²) in [6.07, 6.45) is -0.0122. The van der Waals surface area contributed by atoms with Gasteiger partial charge in [0.2, 0.25) is 11.6 Å². The van der Waals surface area contributed by atoms with E-state index in [0.29, 0.717) is 6.61 Å². The van der Waals surface area contributed by atoms with Crippen molar-refractivity contribution >= 4 is 5.97 Å². The lowest BCUT2D eigenvalue weighted by Gasteiger charge is -2.23. The molecule has 0 fully saturated rings. The van der Waals surface area contributed by atoms with E-state index < -0.39 is 23.0 Å². The van der Waals surface area contributed by atoms with E-state index in [9.17, 15) is 14.3 Å². The number of halogens is 1. The SMILES string of the molecule is CC(C)(Cc1cc2c(c(F)c1O)OCCO2)C(=O)O. The third kappa shape index (κ3) is 2.43. The van der Waals surface area contributed by atoms with Gasteiger partial charge in [0.15, 0.2) is 11.5 Å². The van der Waals surface area contributed by atoms with E-state index in [1.54, 1.807) is 0 Å². The van der Waals surface area contributed by atoms with Crippen LogP contribution < -0.4 is 9.47 Å². The fraction of sp³-hybridized carbons (Fsp3) is 0.462. The van der Waals surface area contributed by atoms with Gasteiger partial charge in [0.1, 0.15) is 13.2 Å². The molecule has 0 amide bonds. The molecule has 6 heteroatoms. The van der Waals surface area contributed by atoms with Crippen molar-refractivity contribution in [2.24, 2.45) is 5.41 Å².